The molecule has 2 N–H and O–H groups in total. The Hall–Kier alpha value is -3.38. The zero-order valence-electron chi connectivity index (χ0n) is 13.6. The number of fused-ring (bicyclic) bond motifs is 1. The fourth-order valence-electron chi connectivity index (χ4n) is 2.63. The van der Waals surface area contributed by atoms with E-state index in [4.69, 9.17) is 4.42 Å². The summed E-state index contributed by atoms with van der Waals surface area (Å²) in [4.78, 5) is 24.7. The molecule has 26 heavy (non-hydrogen) atoms. The topological polar surface area (TPSA) is 71.3 Å². The number of hydrogen-bond acceptors (Lipinski definition) is 4. The molecule has 2 aromatic carbocycles. The molecule has 0 radical (unpaired) electrons. The molecule has 0 saturated carbocycles. The molecule has 0 aliphatic heterocycles. The Balaban J connectivity index is 1.51. The van der Waals surface area contributed by atoms with Gasteiger partial charge in [0.15, 0.2) is 5.76 Å². The molecule has 0 fully saturated rings. The molecule has 5 nitrogen and oxygen atoms in total. The Labute approximate surface area is 153 Å². The second kappa shape index (κ2) is 6.85. The van der Waals surface area contributed by atoms with E-state index in [0.717, 1.165) is 10.1 Å². The van der Waals surface area contributed by atoms with Gasteiger partial charge in [0.25, 0.3) is 11.8 Å². The van der Waals surface area contributed by atoms with E-state index in [0.29, 0.717) is 16.9 Å². The first-order valence-electron chi connectivity index (χ1n) is 7.93. The van der Waals surface area contributed by atoms with Crippen LogP contribution in [-0.2, 0) is 0 Å². The first-order valence-corrected chi connectivity index (χ1v) is 8.81. The summed E-state index contributed by atoms with van der Waals surface area (Å²) in [5, 5.41) is 8.40. The summed E-state index contributed by atoms with van der Waals surface area (Å²) in [7, 11) is 0. The highest BCUT2D eigenvalue weighted by atomic mass is 32.1. The first-order chi connectivity index (χ1) is 12.7. The van der Waals surface area contributed by atoms with Gasteiger partial charge in [-0.3, -0.25) is 9.59 Å². The van der Waals surface area contributed by atoms with Crippen LogP contribution < -0.4 is 10.6 Å². The van der Waals surface area contributed by atoms with Crippen molar-refractivity contribution < 1.29 is 14.0 Å². The van der Waals surface area contributed by atoms with Crippen LogP contribution in [0.3, 0.4) is 0 Å². The lowest BCUT2D eigenvalue weighted by Gasteiger charge is -2.08. The maximum Gasteiger partial charge on any atom is 0.291 e. The maximum absolute atomic E-state index is 12.6. The normalized spacial score (nSPS) is 10.6. The SMILES string of the molecule is O=C(Nc1cccc(NC(=O)c2csc3ccccc23)c1)c1ccco1. The van der Waals surface area contributed by atoms with Crippen LogP contribution in [0.15, 0.2) is 76.7 Å². The van der Waals surface area contributed by atoms with Gasteiger partial charge in [-0.05, 0) is 36.4 Å². The van der Waals surface area contributed by atoms with E-state index >= 15 is 0 Å². The molecular weight excluding hydrogens is 348 g/mol. The Morgan fingerprint density at radius 1 is 0.846 bits per heavy atom. The molecule has 0 bridgehead atoms. The average Bonchev–Trinajstić information content (AvgIpc) is 3.32. The number of thiophene rings is 1. The summed E-state index contributed by atoms with van der Waals surface area (Å²) in [6.45, 7) is 0. The fourth-order valence-corrected chi connectivity index (χ4v) is 3.57. The van der Waals surface area contributed by atoms with Crippen molar-refractivity contribution in [3.05, 3.63) is 83.6 Å². The van der Waals surface area contributed by atoms with E-state index < -0.39 is 0 Å². The Morgan fingerprint density at radius 2 is 1.62 bits per heavy atom. The Kier molecular flexibility index (Phi) is 4.25. The molecule has 6 heteroatoms. The second-order valence-electron chi connectivity index (χ2n) is 5.61. The van der Waals surface area contributed by atoms with Gasteiger partial charge in [0.2, 0.25) is 0 Å². The molecule has 2 amide bonds. The molecule has 0 atom stereocenters. The third kappa shape index (κ3) is 3.22. The van der Waals surface area contributed by atoms with Crippen molar-refractivity contribution in [3.8, 4) is 0 Å². The molecule has 2 aromatic heterocycles. The summed E-state index contributed by atoms with van der Waals surface area (Å²) >= 11 is 1.53. The van der Waals surface area contributed by atoms with Crippen molar-refractivity contribution in [2.24, 2.45) is 0 Å². The summed E-state index contributed by atoms with van der Waals surface area (Å²) in [5.74, 6) is -0.302. The third-order valence-electron chi connectivity index (χ3n) is 3.85. The Bertz CT molecular complexity index is 1080. The van der Waals surface area contributed by atoms with Crippen LogP contribution in [-0.4, -0.2) is 11.8 Å². The van der Waals surface area contributed by atoms with Gasteiger partial charge in [-0.1, -0.05) is 24.3 Å². The molecule has 0 aliphatic rings. The van der Waals surface area contributed by atoms with Crippen molar-refractivity contribution in [1.29, 1.82) is 0 Å². The summed E-state index contributed by atoms with van der Waals surface area (Å²) in [5.41, 5.74) is 1.80. The highest BCUT2D eigenvalue weighted by molar-refractivity contribution is 7.17. The predicted octanol–water partition coefficient (Wildman–Crippen LogP) is 5.00. The van der Waals surface area contributed by atoms with Crippen LogP contribution in [0.4, 0.5) is 11.4 Å². The van der Waals surface area contributed by atoms with Crippen molar-refractivity contribution in [3.63, 3.8) is 0 Å². The smallest absolute Gasteiger partial charge is 0.291 e. The van der Waals surface area contributed by atoms with Crippen molar-refractivity contribution in [1.82, 2.24) is 0 Å². The van der Waals surface area contributed by atoms with Crippen LogP contribution in [0, 0.1) is 0 Å². The number of nitrogens with one attached hydrogen (secondary N) is 2. The Morgan fingerprint density at radius 3 is 2.38 bits per heavy atom. The lowest BCUT2D eigenvalue weighted by molar-refractivity contribution is 0.0995. The molecule has 4 aromatic rings. The van der Waals surface area contributed by atoms with Crippen LogP contribution in [0.5, 0.6) is 0 Å². The lowest BCUT2D eigenvalue weighted by atomic mass is 10.1. The molecular formula is C20H14N2O3S. The molecule has 0 saturated heterocycles. The summed E-state index contributed by atoms with van der Waals surface area (Å²) in [6, 6.07) is 18.0. The van der Waals surface area contributed by atoms with Crippen LogP contribution in [0.2, 0.25) is 0 Å². The minimum Gasteiger partial charge on any atom is -0.459 e. The summed E-state index contributed by atoms with van der Waals surface area (Å²) in [6.07, 6.45) is 1.44. The standard InChI is InChI=1S/C20H14N2O3S/c23-19(16-12-26-18-9-2-1-7-15(16)18)21-13-5-3-6-14(11-13)22-20(24)17-8-4-10-25-17/h1-12H,(H,21,23)(H,22,24). The van der Waals surface area contributed by atoms with Crippen molar-refractivity contribution in [2.45, 2.75) is 0 Å². The third-order valence-corrected chi connectivity index (χ3v) is 4.81. The van der Waals surface area contributed by atoms with Crippen molar-refractivity contribution >= 4 is 44.6 Å². The highest BCUT2D eigenvalue weighted by Crippen LogP contribution is 2.26. The number of benzene rings is 2. The minimum atomic E-state index is -0.345. The van der Waals surface area contributed by atoms with E-state index in [1.54, 1.807) is 36.4 Å². The van der Waals surface area contributed by atoms with Gasteiger partial charge < -0.3 is 15.1 Å². The maximum atomic E-state index is 12.6. The zero-order valence-corrected chi connectivity index (χ0v) is 14.4. The van der Waals surface area contributed by atoms with Crippen LogP contribution >= 0.6 is 11.3 Å². The number of carbonyl (C=O) groups is 2. The van der Waals surface area contributed by atoms with Crippen LogP contribution in [0.1, 0.15) is 20.9 Å². The largest absolute Gasteiger partial charge is 0.459 e. The number of carbonyl (C=O) groups excluding carboxylic acids is 2. The quantitative estimate of drug-likeness (QED) is 0.537. The van der Waals surface area contributed by atoms with E-state index in [1.807, 2.05) is 29.6 Å². The van der Waals surface area contributed by atoms with Gasteiger partial charge in [-0.15, -0.1) is 11.3 Å². The van der Waals surface area contributed by atoms with Gasteiger partial charge in [0.1, 0.15) is 0 Å². The number of rotatable bonds is 4. The number of anilines is 2. The second-order valence-corrected chi connectivity index (χ2v) is 6.52. The van der Waals surface area contributed by atoms with Gasteiger partial charge in [0, 0.05) is 26.8 Å². The van der Waals surface area contributed by atoms with Gasteiger partial charge in [-0.25, -0.2) is 0 Å². The first kappa shape index (κ1) is 16.1. The number of furan rings is 1. The van der Waals surface area contributed by atoms with Gasteiger partial charge >= 0.3 is 0 Å². The van der Waals surface area contributed by atoms with E-state index in [9.17, 15) is 9.59 Å². The molecule has 0 aliphatic carbocycles. The zero-order chi connectivity index (χ0) is 17.9. The van der Waals surface area contributed by atoms with Crippen LogP contribution in [0.25, 0.3) is 10.1 Å². The molecule has 2 heterocycles. The summed E-state index contributed by atoms with van der Waals surface area (Å²) < 4.78 is 6.14. The number of hydrogen-bond donors (Lipinski definition) is 2. The fraction of sp³-hybridized carbons (Fsp3) is 0. The van der Waals surface area contributed by atoms with Crippen molar-refractivity contribution in [2.75, 3.05) is 10.6 Å². The molecule has 0 unspecified atom stereocenters. The van der Waals surface area contributed by atoms with Gasteiger partial charge in [-0.2, -0.15) is 0 Å². The molecule has 0 spiro atoms. The van der Waals surface area contributed by atoms with E-state index in [2.05, 4.69) is 10.6 Å². The number of amides is 2. The predicted molar refractivity (Wildman–Crippen MR) is 103 cm³/mol. The molecule has 4 rings (SSSR count). The van der Waals surface area contributed by atoms with Gasteiger partial charge in [0.05, 0.1) is 11.8 Å². The molecule has 128 valence electrons. The van der Waals surface area contributed by atoms with E-state index in [1.165, 1.54) is 17.6 Å². The lowest BCUT2D eigenvalue weighted by Crippen LogP contribution is -2.13. The average molecular weight is 362 g/mol. The highest BCUT2D eigenvalue weighted by Gasteiger charge is 2.13. The van der Waals surface area contributed by atoms with E-state index in [-0.39, 0.29) is 17.6 Å². The monoisotopic (exact) mass is 362 g/mol. The minimum absolute atomic E-state index is 0.183.